The first kappa shape index (κ1) is 20.4. The smallest absolute Gasteiger partial charge is 0.279 e. The molecule has 0 aliphatic carbocycles. The molecule has 0 unspecified atom stereocenters. The number of thioether (sulfide) groups is 1. The Bertz CT molecular complexity index is 1010. The first-order valence-electron chi connectivity index (χ1n) is 8.12. The van der Waals surface area contributed by atoms with Crippen molar-refractivity contribution in [1.82, 2.24) is 5.32 Å². The molecule has 3 rings (SSSR count). The number of phenolic OH excluding ortho intramolecular Hbond substituents is 1. The van der Waals surface area contributed by atoms with Gasteiger partial charge in [-0.15, -0.1) is 0 Å². The maximum atomic E-state index is 12.2. The molecule has 0 spiro atoms. The van der Waals surface area contributed by atoms with Crippen molar-refractivity contribution < 1.29 is 19.4 Å². The quantitative estimate of drug-likeness (QED) is 0.623. The van der Waals surface area contributed by atoms with Crippen LogP contribution in [-0.4, -0.2) is 28.7 Å². The van der Waals surface area contributed by atoms with E-state index in [9.17, 15) is 14.7 Å². The maximum absolute atomic E-state index is 12.2. The SMILES string of the molecule is CCOc1cc(/C=C2\SC(=NC(=O)c3ccc(Cl)cc3)NC2=O)c(Br)cc1O. The van der Waals surface area contributed by atoms with Crippen molar-refractivity contribution in [3.8, 4) is 11.5 Å². The van der Waals surface area contributed by atoms with Crippen molar-refractivity contribution in [2.75, 3.05) is 6.61 Å². The lowest BCUT2D eigenvalue weighted by molar-refractivity contribution is -0.115. The third kappa shape index (κ3) is 4.76. The molecule has 2 N–H and O–H groups in total. The first-order valence-corrected chi connectivity index (χ1v) is 10.1. The highest BCUT2D eigenvalue weighted by Crippen LogP contribution is 2.35. The number of hydrogen-bond acceptors (Lipinski definition) is 5. The van der Waals surface area contributed by atoms with E-state index in [4.69, 9.17) is 16.3 Å². The number of nitrogens with one attached hydrogen (secondary N) is 1. The van der Waals surface area contributed by atoms with Gasteiger partial charge in [0.25, 0.3) is 11.8 Å². The number of amides is 2. The molecule has 1 aliphatic rings. The number of rotatable bonds is 4. The molecule has 2 amide bonds. The van der Waals surface area contributed by atoms with Crippen molar-refractivity contribution in [1.29, 1.82) is 0 Å². The van der Waals surface area contributed by atoms with Crippen molar-refractivity contribution >= 4 is 62.4 Å². The summed E-state index contributed by atoms with van der Waals surface area (Å²) in [6.07, 6.45) is 1.63. The molecule has 1 fully saturated rings. The minimum Gasteiger partial charge on any atom is -0.504 e. The highest BCUT2D eigenvalue weighted by atomic mass is 79.9. The van der Waals surface area contributed by atoms with Gasteiger partial charge < -0.3 is 15.2 Å². The van der Waals surface area contributed by atoms with Crippen LogP contribution in [0.1, 0.15) is 22.8 Å². The Labute approximate surface area is 178 Å². The zero-order chi connectivity index (χ0) is 20.3. The number of nitrogens with zero attached hydrogens (tertiary/aromatic N) is 1. The first-order chi connectivity index (χ1) is 13.4. The van der Waals surface area contributed by atoms with E-state index >= 15 is 0 Å². The van der Waals surface area contributed by atoms with Gasteiger partial charge in [-0.1, -0.05) is 27.5 Å². The predicted molar refractivity (Wildman–Crippen MR) is 114 cm³/mol. The van der Waals surface area contributed by atoms with Crippen LogP contribution in [-0.2, 0) is 4.79 Å². The Balaban J connectivity index is 1.83. The Morgan fingerprint density at radius 2 is 2.07 bits per heavy atom. The summed E-state index contributed by atoms with van der Waals surface area (Å²) in [6.45, 7) is 2.20. The predicted octanol–water partition coefficient (Wildman–Crippen LogP) is 4.61. The number of aromatic hydroxyl groups is 1. The Kier molecular flexibility index (Phi) is 6.43. The molecule has 28 heavy (non-hydrogen) atoms. The summed E-state index contributed by atoms with van der Waals surface area (Å²) < 4.78 is 5.96. The average Bonchev–Trinajstić information content (AvgIpc) is 2.98. The zero-order valence-corrected chi connectivity index (χ0v) is 17.7. The largest absolute Gasteiger partial charge is 0.504 e. The number of amidine groups is 1. The maximum Gasteiger partial charge on any atom is 0.279 e. The molecule has 144 valence electrons. The van der Waals surface area contributed by atoms with Crippen LogP contribution < -0.4 is 10.1 Å². The van der Waals surface area contributed by atoms with Gasteiger partial charge in [0, 0.05) is 15.1 Å². The van der Waals surface area contributed by atoms with Crippen LogP contribution in [0.2, 0.25) is 5.02 Å². The van der Waals surface area contributed by atoms with Crippen LogP contribution >= 0.6 is 39.3 Å². The second-order valence-corrected chi connectivity index (χ2v) is 7.89. The van der Waals surface area contributed by atoms with E-state index in [2.05, 4.69) is 26.2 Å². The number of carbonyl (C=O) groups is 2. The molecule has 9 heteroatoms. The Morgan fingerprint density at radius 1 is 1.36 bits per heavy atom. The van der Waals surface area contributed by atoms with Crippen LogP contribution in [0, 0.1) is 0 Å². The molecule has 0 aromatic heterocycles. The van der Waals surface area contributed by atoms with E-state index in [0.29, 0.717) is 37.9 Å². The van der Waals surface area contributed by atoms with Crippen LogP contribution in [0.3, 0.4) is 0 Å². The van der Waals surface area contributed by atoms with Gasteiger partial charge in [-0.25, -0.2) is 0 Å². The lowest BCUT2D eigenvalue weighted by atomic mass is 10.2. The molecule has 0 atom stereocenters. The number of hydrogen-bond donors (Lipinski definition) is 2. The van der Waals surface area contributed by atoms with Crippen LogP contribution in [0.25, 0.3) is 6.08 Å². The monoisotopic (exact) mass is 480 g/mol. The van der Waals surface area contributed by atoms with Crippen molar-refractivity contribution in [2.24, 2.45) is 4.99 Å². The summed E-state index contributed by atoms with van der Waals surface area (Å²) in [5.41, 5.74) is 1.01. The van der Waals surface area contributed by atoms with Gasteiger partial charge in [0.15, 0.2) is 16.7 Å². The van der Waals surface area contributed by atoms with E-state index in [-0.39, 0.29) is 16.8 Å². The van der Waals surface area contributed by atoms with Crippen LogP contribution in [0.4, 0.5) is 0 Å². The molecule has 2 aromatic rings. The minimum absolute atomic E-state index is 0.00443. The van der Waals surface area contributed by atoms with Gasteiger partial charge in [-0.3, -0.25) is 9.59 Å². The summed E-state index contributed by atoms with van der Waals surface area (Å²) >= 11 is 10.2. The topological polar surface area (TPSA) is 88.0 Å². The Morgan fingerprint density at radius 3 is 2.75 bits per heavy atom. The van der Waals surface area contributed by atoms with Gasteiger partial charge in [0.05, 0.1) is 11.5 Å². The van der Waals surface area contributed by atoms with Crippen LogP contribution in [0.15, 0.2) is 50.8 Å². The van der Waals surface area contributed by atoms with Gasteiger partial charge >= 0.3 is 0 Å². The number of ether oxygens (including phenoxy) is 1. The van der Waals surface area contributed by atoms with Crippen LogP contribution in [0.5, 0.6) is 11.5 Å². The summed E-state index contributed by atoms with van der Waals surface area (Å²) in [7, 11) is 0. The third-order valence-corrected chi connectivity index (χ3v) is 5.46. The molecule has 1 saturated heterocycles. The minimum atomic E-state index is -0.481. The normalized spacial score (nSPS) is 16.5. The molecule has 1 heterocycles. The van der Waals surface area contributed by atoms with Crippen molar-refractivity contribution in [3.63, 3.8) is 0 Å². The van der Waals surface area contributed by atoms with E-state index in [1.54, 1.807) is 43.3 Å². The fourth-order valence-corrected chi connectivity index (χ4v) is 3.69. The fraction of sp³-hybridized carbons (Fsp3) is 0.105. The number of benzene rings is 2. The summed E-state index contributed by atoms with van der Waals surface area (Å²) in [5.74, 6) is -0.543. The second kappa shape index (κ2) is 8.81. The Hall–Kier alpha value is -2.29. The zero-order valence-electron chi connectivity index (χ0n) is 14.5. The molecular formula is C19H14BrClN2O4S. The lowest BCUT2D eigenvalue weighted by Gasteiger charge is -2.08. The van der Waals surface area contributed by atoms with Crippen molar-refractivity contribution in [2.45, 2.75) is 6.92 Å². The summed E-state index contributed by atoms with van der Waals surface area (Å²) in [5, 5.41) is 13.2. The number of phenols is 1. The lowest BCUT2D eigenvalue weighted by Crippen LogP contribution is -2.20. The molecule has 1 aliphatic heterocycles. The standard InChI is InChI=1S/C19H14BrClN2O4S/c1-2-27-15-7-11(13(20)9-14(15)24)8-16-18(26)23-19(28-16)22-17(25)10-3-5-12(21)6-4-10/h3-9,24H,2H2,1H3,(H,22,23,25,26)/b16-8-. The average molecular weight is 482 g/mol. The molecule has 2 aromatic carbocycles. The highest BCUT2D eigenvalue weighted by Gasteiger charge is 2.25. The summed E-state index contributed by atoms with van der Waals surface area (Å²) in [6, 6.07) is 9.44. The van der Waals surface area contributed by atoms with E-state index in [0.717, 1.165) is 11.8 Å². The van der Waals surface area contributed by atoms with Gasteiger partial charge in [0.2, 0.25) is 0 Å². The van der Waals surface area contributed by atoms with Gasteiger partial charge in [-0.2, -0.15) is 4.99 Å². The number of aliphatic imine (C=N–C) groups is 1. The van der Waals surface area contributed by atoms with E-state index in [1.165, 1.54) is 6.07 Å². The van der Waals surface area contributed by atoms with Gasteiger partial charge in [-0.05, 0) is 66.7 Å². The third-order valence-electron chi connectivity index (χ3n) is 3.61. The van der Waals surface area contributed by atoms with E-state index < -0.39 is 5.91 Å². The molecule has 0 radical (unpaired) electrons. The molecule has 6 nitrogen and oxygen atoms in total. The second-order valence-electron chi connectivity index (χ2n) is 5.57. The number of carbonyl (C=O) groups excluding carboxylic acids is 2. The van der Waals surface area contributed by atoms with E-state index in [1.807, 2.05) is 0 Å². The number of halogens is 2. The molecule has 0 saturated carbocycles. The van der Waals surface area contributed by atoms with Gasteiger partial charge in [0.1, 0.15) is 0 Å². The molecule has 0 bridgehead atoms. The summed E-state index contributed by atoms with van der Waals surface area (Å²) in [4.78, 5) is 28.8. The molecular weight excluding hydrogens is 468 g/mol. The fourth-order valence-electron chi connectivity index (χ4n) is 2.31. The highest BCUT2D eigenvalue weighted by molar-refractivity contribution is 9.10. The van der Waals surface area contributed by atoms with Crippen molar-refractivity contribution in [3.05, 3.63) is 61.9 Å².